The van der Waals surface area contributed by atoms with Crippen LogP contribution in [0.25, 0.3) is 0 Å². The van der Waals surface area contributed by atoms with Gasteiger partial charge in [0.15, 0.2) is 0 Å². The number of ether oxygens (including phenoxy) is 1. The molecule has 0 saturated heterocycles. The first-order valence-electron chi connectivity index (χ1n) is 5.84. The number of nitrogens with zero attached hydrogens (tertiary/aromatic N) is 1. The molecule has 0 aliphatic rings. The highest BCUT2D eigenvalue weighted by Gasteiger charge is 2.11. The fraction of sp³-hybridized carbons (Fsp3) is 0.500. The smallest absolute Gasteiger partial charge is 0.149 e. The maximum atomic E-state index is 11.2. The van der Waals surface area contributed by atoms with Crippen LogP contribution < -0.4 is 9.64 Å². The SMILES string of the molecule is COc1ccc(C(C)C)cc1N(C)CC(C)=O. The second-order valence-electron chi connectivity index (χ2n) is 4.64. The summed E-state index contributed by atoms with van der Waals surface area (Å²) in [6.45, 7) is 6.29. The van der Waals surface area contributed by atoms with Gasteiger partial charge in [-0.2, -0.15) is 0 Å². The molecule has 0 aliphatic carbocycles. The molecule has 0 fully saturated rings. The van der Waals surface area contributed by atoms with Crippen molar-refractivity contribution in [1.82, 2.24) is 0 Å². The number of carbonyl (C=O) groups excluding carboxylic acids is 1. The highest BCUT2D eigenvalue weighted by Crippen LogP contribution is 2.30. The average Bonchev–Trinajstić information content (AvgIpc) is 2.27. The summed E-state index contributed by atoms with van der Waals surface area (Å²) >= 11 is 0. The molecule has 17 heavy (non-hydrogen) atoms. The van der Waals surface area contributed by atoms with Gasteiger partial charge in [-0.1, -0.05) is 19.9 Å². The van der Waals surface area contributed by atoms with Crippen LogP contribution >= 0.6 is 0 Å². The minimum atomic E-state index is 0.143. The zero-order valence-corrected chi connectivity index (χ0v) is 11.3. The third-order valence-corrected chi connectivity index (χ3v) is 2.74. The number of hydrogen-bond acceptors (Lipinski definition) is 3. The number of likely N-dealkylation sites (N-methyl/N-ethyl adjacent to an activating group) is 1. The molecule has 0 saturated carbocycles. The van der Waals surface area contributed by atoms with Crippen molar-refractivity contribution in [1.29, 1.82) is 0 Å². The van der Waals surface area contributed by atoms with Crippen molar-refractivity contribution < 1.29 is 9.53 Å². The molecule has 3 nitrogen and oxygen atoms in total. The number of methoxy groups -OCH3 is 1. The maximum absolute atomic E-state index is 11.2. The van der Waals surface area contributed by atoms with Crippen LogP contribution in [0.2, 0.25) is 0 Å². The summed E-state index contributed by atoms with van der Waals surface area (Å²) in [5, 5.41) is 0. The summed E-state index contributed by atoms with van der Waals surface area (Å²) in [4.78, 5) is 13.1. The van der Waals surface area contributed by atoms with Gasteiger partial charge in [0.05, 0.1) is 19.3 Å². The summed E-state index contributed by atoms with van der Waals surface area (Å²) in [7, 11) is 3.55. The molecule has 0 aliphatic heterocycles. The molecular formula is C14H21NO2. The quantitative estimate of drug-likeness (QED) is 0.786. The van der Waals surface area contributed by atoms with E-state index in [0.717, 1.165) is 11.4 Å². The lowest BCUT2D eigenvalue weighted by atomic mass is 10.0. The molecular weight excluding hydrogens is 214 g/mol. The molecule has 0 N–H and O–H groups in total. The van der Waals surface area contributed by atoms with Gasteiger partial charge in [-0.05, 0) is 30.5 Å². The molecule has 0 amide bonds. The molecule has 1 aromatic carbocycles. The summed E-state index contributed by atoms with van der Waals surface area (Å²) < 4.78 is 5.33. The molecule has 1 rings (SSSR count). The first kappa shape index (κ1) is 13.6. The van der Waals surface area contributed by atoms with Gasteiger partial charge in [-0.15, -0.1) is 0 Å². The van der Waals surface area contributed by atoms with Gasteiger partial charge in [0.1, 0.15) is 11.5 Å². The molecule has 94 valence electrons. The van der Waals surface area contributed by atoms with Crippen LogP contribution in [0.4, 0.5) is 5.69 Å². The lowest BCUT2D eigenvalue weighted by Gasteiger charge is -2.22. The Hall–Kier alpha value is -1.51. The Morgan fingerprint density at radius 3 is 2.53 bits per heavy atom. The molecule has 0 atom stereocenters. The number of Topliss-reactive ketones (excluding diaryl/α,β-unsaturated/α-hetero) is 1. The van der Waals surface area contributed by atoms with Gasteiger partial charge >= 0.3 is 0 Å². The Labute approximate surface area is 103 Å². The number of anilines is 1. The standard InChI is InChI=1S/C14H21NO2/c1-10(2)12-6-7-14(17-5)13(8-12)15(4)9-11(3)16/h6-8,10H,9H2,1-5H3. The van der Waals surface area contributed by atoms with Crippen LogP contribution in [0, 0.1) is 0 Å². The molecule has 0 radical (unpaired) electrons. The number of carbonyl (C=O) groups is 1. The first-order valence-corrected chi connectivity index (χ1v) is 5.84. The normalized spacial score (nSPS) is 10.5. The van der Waals surface area contributed by atoms with E-state index in [0.29, 0.717) is 12.5 Å². The topological polar surface area (TPSA) is 29.5 Å². The third kappa shape index (κ3) is 3.48. The fourth-order valence-corrected chi connectivity index (χ4v) is 1.78. The zero-order chi connectivity index (χ0) is 13.0. The highest BCUT2D eigenvalue weighted by molar-refractivity contribution is 5.81. The van der Waals surface area contributed by atoms with Gasteiger partial charge in [0, 0.05) is 7.05 Å². The lowest BCUT2D eigenvalue weighted by Crippen LogP contribution is -2.24. The van der Waals surface area contributed by atoms with E-state index in [-0.39, 0.29) is 5.78 Å². The summed E-state index contributed by atoms with van der Waals surface area (Å²) in [5.74, 6) is 1.41. The van der Waals surface area contributed by atoms with Crippen LogP contribution in [0.3, 0.4) is 0 Å². The van der Waals surface area contributed by atoms with E-state index in [4.69, 9.17) is 4.74 Å². The van der Waals surface area contributed by atoms with Gasteiger partial charge < -0.3 is 9.64 Å². The number of hydrogen-bond donors (Lipinski definition) is 0. The molecule has 0 aromatic heterocycles. The largest absolute Gasteiger partial charge is 0.495 e. The van der Waals surface area contributed by atoms with Crippen molar-refractivity contribution in [3.63, 3.8) is 0 Å². The predicted molar refractivity (Wildman–Crippen MR) is 71.0 cm³/mol. The van der Waals surface area contributed by atoms with Crippen LogP contribution in [-0.2, 0) is 4.79 Å². The van der Waals surface area contributed by atoms with E-state index < -0.39 is 0 Å². The van der Waals surface area contributed by atoms with E-state index in [1.807, 2.05) is 18.0 Å². The van der Waals surface area contributed by atoms with Crippen molar-refractivity contribution in [3.05, 3.63) is 23.8 Å². The first-order chi connectivity index (χ1) is 7.95. The average molecular weight is 235 g/mol. The molecule has 3 heteroatoms. The van der Waals surface area contributed by atoms with E-state index >= 15 is 0 Å². The van der Waals surface area contributed by atoms with Crippen LogP contribution in [0.15, 0.2) is 18.2 Å². The summed E-state index contributed by atoms with van der Waals surface area (Å²) in [5.41, 5.74) is 2.21. The Balaban J connectivity index is 3.09. The highest BCUT2D eigenvalue weighted by atomic mass is 16.5. The van der Waals surface area contributed by atoms with Crippen LogP contribution in [0.5, 0.6) is 5.75 Å². The zero-order valence-electron chi connectivity index (χ0n) is 11.3. The summed E-state index contributed by atoms with van der Waals surface area (Å²) in [6, 6.07) is 6.11. The molecule has 0 spiro atoms. The van der Waals surface area contributed by atoms with Crippen LogP contribution in [0.1, 0.15) is 32.3 Å². The second kappa shape index (κ2) is 5.71. The Bertz CT molecular complexity index is 399. The van der Waals surface area contributed by atoms with Crippen molar-refractivity contribution in [3.8, 4) is 5.75 Å². The fourth-order valence-electron chi connectivity index (χ4n) is 1.78. The van der Waals surface area contributed by atoms with E-state index in [2.05, 4.69) is 26.0 Å². The monoisotopic (exact) mass is 235 g/mol. The van der Waals surface area contributed by atoms with Crippen molar-refractivity contribution in [2.24, 2.45) is 0 Å². The van der Waals surface area contributed by atoms with E-state index in [1.165, 1.54) is 5.56 Å². The molecule has 0 heterocycles. The summed E-state index contributed by atoms with van der Waals surface area (Å²) in [6.07, 6.45) is 0. The second-order valence-corrected chi connectivity index (χ2v) is 4.64. The number of rotatable bonds is 5. The van der Waals surface area contributed by atoms with Gasteiger partial charge in [0.2, 0.25) is 0 Å². The minimum absolute atomic E-state index is 0.143. The number of benzene rings is 1. The van der Waals surface area contributed by atoms with Gasteiger partial charge in [-0.25, -0.2) is 0 Å². The van der Waals surface area contributed by atoms with E-state index in [9.17, 15) is 4.79 Å². The van der Waals surface area contributed by atoms with Crippen molar-refractivity contribution in [2.75, 3.05) is 25.6 Å². The van der Waals surface area contributed by atoms with Crippen LogP contribution in [-0.4, -0.2) is 26.5 Å². The van der Waals surface area contributed by atoms with Gasteiger partial charge in [0.25, 0.3) is 0 Å². The minimum Gasteiger partial charge on any atom is -0.495 e. The van der Waals surface area contributed by atoms with Crippen molar-refractivity contribution >= 4 is 11.5 Å². The Morgan fingerprint density at radius 2 is 2.06 bits per heavy atom. The molecule has 1 aromatic rings. The Kier molecular flexibility index (Phi) is 4.55. The Morgan fingerprint density at radius 1 is 1.41 bits per heavy atom. The van der Waals surface area contributed by atoms with Gasteiger partial charge in [-0.3, -0.25) is 4.79 Å². The van der Waals surface area contributed by atoms with E-state index in [1.54, 1.807) is 14.0 Å². The predicted octanol–water partition coefficient (Wildman–Crippen LogP) is 2.84. The molecule has 0 unspecified atom stereocenters. The lowest BCUT2D eigenvalue weighted by molar-refractivity contribution is -0.115. The molecule has 0 bridgehead atoms. The maximum Gasteiger partial charge on any atom is 0.149 e. The number of ketones is 1. The third-order valence-electron chi connectivity index (χ3n) is 2.74. The van der Waals surface area contributed by atoms with Crippen molar-refractivity contribution in [2.45, 2.75) is 26.7 Å².